The fourth-order valence-corrected chi connectivity index (χ4v) is 5.51. The summed E-state index contributed by atoms with van der Waals surface area (Å²) in [6.07, 6.45) is -2.20. The second-order valence-corrected chi connectivity index (χ2v) is 10.7. The molecule has 0 saturated carbocycles. The van der Waals surface area contributed by atoms with Crippen LogP contribution in [0.1, 0.15) is 47.3 Å². The van der Waals surface area contributed by atoms with Gasteiger partial charge in [0.05, 0.1) is 22.6 Å². The van der Waals surface area contributed by atoms with Crippen molar-refractivity contribution in [1.29, 1.82) is 0 Å². The number of hydrogen-bond donors (Lipinski definition) is 1. The van der Waals surface area contributed by atoms with Gasteiger partial charge in [0.25, 0.3) is 0 Å². The Bertz CT molecular complexity index is 1360. The van der Waals surface area contributed by atoms with E-state index in [1.807, 2.05) is 38.1 Å². The van der Waals surface area contributed by atoms with E-state index in [1.165, 1.54) is 13.0 Å². The van der Waals surface area contributed by atoms with Crippen molar-refractivity contribution in [3.05, 3.63) is 76.5 Å². The fraction of sp³-hybridized carbons (Fsp3) is 0.320. The Morgan fingerprint density at radius 2 is 1.85 bits per heavy atom. The molecule has 3 aromatic rings. The predicted molar refractivity (Wildman–Crippen MR) is 126 cm³/mol. The van der Waals surface area contributed by atoms with Crippen LogP contribution in [-0.4, -0.2) is 24.9 Å². The monoisotopic (exact) mass is 474 g/mol. The van der Waals surface area contributed by atoms with E-state index in [2.05, 4.69) is 10.3 Å². The lowest BCUT2D eigenvalue weighted by atomic mass is 9.96. The van der Waals surface area contributed by atoms with Crippen molar-refractivity contribution in [2.45, 2.75) is 39.4 Å². The predicted octanol–water partition coefficient (Wildman–Crippen LogP) is 6.25. The molecule has 33 heavy (non-hydrogen) atoms. The molecule has 8 heteroatoms. The Labute approximate surface area is 191 Å². The molecule has 4 nitrogen and oxygen atoms in total. The summed E-state index contributed by atoms with van der Waals surface area (Å²) >= 11 is 0. The summed E-state index contributed by atoms with van der Waals surface area (Å²) in [7, 11) is -3.03. The van der Waals surface area contributed by atoms with Gasteiger partial charge < -0.3 is 5.32 Å². The van der Waals surface area contributed by atoms with Crippen molar-refractivity contribution in [1.82, 2.24) is 4.98 Å². The van der Waals surface area contributed by atoms with Gasteiger partial charge in [0.15, 0.2) is 9.84 Å². The van der Waals surface area contributed by atoms with E-state index >= 15 is 0 Å². The number of pyridine rings is 1. The van der Waals surface area contributed by atoms with Crippen LogP contribution in [0.25, 0.3) is 16.5 Å². The van der Waals surface area contributed by atoms with Crippen LogP contribution < -0.4 is 5.32 Å². The van der Waals surface area contributed by atoms with Crippen LogP contribution in [-0.2, 0) is 16.0 Å². The van der Waals surface area contributed by atoms with E-state index in [0.29, 0.717) is 12.0 Å². The Morgan fingerprint density at radius 3 is 2.52 bits per heavy atom. The molecule has 1 N–H and O–H groups in total. The average molecular weight is 475 g/mol. The number of anilines is 1. The molecular formula is C25H25F3N2O2S. The normalized spacial score (nSPS) is 17.0. The second kappa shape index (κ2) is 8.48. The topological polar surface area (TPSA) is 59.1 Å². The molecule has 1 aromatic heterocycles. The number of fused-ring (bicyclic) bond motifs is 1. The minimum atomic E-state index is -4.41. The van der Waals surface area contributed by atoms with Crippen LogP contribution in [0, 0.1) is 13.8 Å². The summed E-state index contributed by atoms with van der Waals surface area (Å²) in [4.78, 5) is 4.59. The van der Waals surface area contributed by atoms with Gasteiger partial charge in [-0.1, -0.05) is 24.3 Å². The lowest BCUT2D eigenvalue weighted by Gasteiger charge is -2.22. The van der Waals surface area contributed by atoms with Crippen LogP contribution >= 0.6 is 0 Å². The number of halogens is 3. The van der Waals surface area contributed by atoms with E-state index in [1.54, 1.807) is 12.1 Å². The van der Waals surface area contributed by atoms with Crippen molar-refractivity contribution in [3.63, 3.8) is 0 Å². The van der Waals surface area contributed by atoms with Crippen LogP contribution in [0.15, 0.2) is 48.5 Å². The maximum atomic E-state index is 13.4. The number of nitrogens with zero attached hydrogens (tertiary/aromatic N) is 1. The van der Waals surface area contributed by atoms with Crippen LogP contribution in [0.3, 0.4) is 0 Å². The number of aromatic nitrogens is 1. The molecule has 0 radical (unpaired) electrons. The van der Waals surface area contributed by atoms with Gasteiger partial charge in [0.1, 0.15) is 0 Å². The standard InChI is InChI=1S/C25H25F3N2O2S/c1-15-13-24(30-17(3)20-5-4-6-22(16(20)2)25(26,27)28)21-14-19(7-8-23(21)29-15)18-9-11-33(31,32)12-10-18/h4-9,13-14,17H,10-12H2,1-3H3,(H,29,30)/t17-/m1/s1. The molecule has 0 amide bonds. The van der Waals surface area contributed by atoms with Gasteiger partial charge in [-0.25, -0.2) is 8.42 Å². The van der Waals surface area contributed by atoms with Crippen LogP contribution in [0.2, 0.25) is 0 Å². The maximum Gasteiger partial charge on any atom is 0.416 e. The molecule has 0 bridgehead atoms. The Balaban J connectivity index is 1.73. The van der Waals surface area contributed by atoms with Gasteiger partial charge in [-0.2, -0.15) is 13.2 Å². The van der Waals surface area contributed by atoms with Crippen molar-refractivity contribution in [2.24, 2.45) is 0 Å². The van der Waals surface area contributed by atoms with Gasteiger partial charge in [0, 0.05) is 22.8 Å². The molecule has 0 aliphatic carbocycles. The first-order chi connectivity index (χ1) is 15.4. The summed E-state index contributed by atoms with van der Waals surface area (Å²) in [5.74, 6) is 0.156. The van der Waals surface area contributed by atoms with Gasteiger partial charge in [-0.3, -0.25) is 4.98 Å². The lowest BCUT2D eigenvalue weighted by molar-refractivity contribution is -0.138. The summed E-state index contributed by atoms with van der Waals surface area (Å²) in [5, 5.41) is 4.22. The van der Waals surface area contributed by atoms with Crippen molar-refractivity contribution < 1.29 is 21.6 Å². The quantitative estimate of drug-likeness (QED) is 0.486. The summed E-state index contributed by atoms with van der Waals surface area (Å²) in [5.41, 5.74) is 4.36. The third-order valence-corrected chi connectivity index (χ3v) is 7.59. The Hall–Kier alpha value is -2.87. The highest BCUT2D eigenvalue weighted by Gasteiger charge is 2.33. The van der Waals surface area contributed by atoms with Gasteiger partial charge >= 0.3 is 6.18 Å². The van der Waals surface area contributed by atoms with E-state index in [0.717, 1.165) is 39.5 Å². The Kier molecular flexibility index (Phi) is 5.99. The molecule has 4 rings (SSSR count). The smallest absolute Gasteiger partial charge is 0.378 e. The summed E-state index contributed by atoms with van der Waals surface area (Å²) in [6, 6.07) is 11.5. The van der Waals surface area contributed by atoms with E-state index in [-0.39, 0.29) is 23.1 Å². The average Bonchev–Trinajstić information content (AvgIpc) is 2.72. The number of nitrogens with one attached hydrogen (secondary N) is 1. The molecule has 174 valence electrons. The molecule has 1 atom stereocenters. The molecule has 0 saturated heterocycles. The molecule has 1 aliphatic rings. The highest BCUT2D eigenvalue weighted by atomic mass is 32.2. The zero-order valence-corrected chi connectivity index (χ0v) is 19.4. The van der Waals surface area contributed by atoms with Crippen LogP contribution in [0.5, 0.6) is 0 Å². The Morgan fingerprint density at radius 1 is 1.09 bits per heavy atom. The van der Waals surface area contributed by atoms with Crippen molar-refractivity contribution in [2.75, 3.05) is 16.8 Å². The first-order valence-corrected chi connectivity index (χ1v) is 12.5. The summed E-state index contributed by atoms with van der Waals surface area (Å²) in [6.45, 7) is 5.20. The number of rotatable bonds is 4. The molecule has 0 unspecified atom stereocenters. The SMILES string of the molecule is Cc1cc(N[C@H](C)c2cccc(C(F)(F)F)c2C)c2cc(C3=CCS(=O)(=O)CC3)ccc2n1. The third kappa shape index (κ3) is 4.90. The largest absolute Gasteiger partial charge is 0.416 e. The maximum absolute atomic E-state index is 13.4. The second-order valence-electron chi connectivity index (χ2n) is 8.52. The molecule has 0 spiro atoms. The zero-order valence-electron chi connectivity index (χ0n) is 18.6. The molecule has 0 fully saturated rings. The highest BCUT2D eigenvalue weighted by Crippen LogP contribution is 2.36. The van der Waals surface area contributed by atoms with Crippen LogP contribution in [0.4, 0.5) is 18.9 Å². The summed E-state index contributed by atoms with van der Waals surface area (Å²) < 4.78 is 63.7. The van der Waals surface area contributed by atoms with Gasteiger partial charge in [-0.15, -0.1) is 0 Å². The van der Waals surface area contributed by atoms with E-state index in [9.17, 15) is 21.6 Å². The number of allylic oxidation sites excluding steroid dienone is 1. The van der Waals surface area contributed by atoms with Crippen molar-refractivity contribution in [3.8, 4) is 0 Å². The van der Waals surface area contributed by atoms with Gasteiger partial charge in [-0.05, 0) is 73.7 Å². The molecule has 1 aliphatic heterocycles. The molecular weight excluding hydrogens is 449 g/mol. The fourth-order valence-electron chi connectivity index (χ4n) is 4.36. The number of sulfone groups is 1. The minimum Gasteiger partial charge on any atom is -0.378 e. The first kappa shape index (κ1) is 23.3. The zero-order chi connectivity index (χ0) is 24.0. The third-order valence-electron chi connectivity index (χ3n) is 6.09. The lowest BCUT2D eigenvalue weighted by Crippen LogP contribution is -2.15. The number of alkyl halides is 3. The first-order valence-electron chi connectivity index (χ1n) is 10.7. The number of hydrogen-bond acceptors (Lipinski definition) is 4. The van der Waals surface area contributed by atoms with E-state index < -0.39 is 21.6 Å². The molecule has 2 aromatic carbocycles. The van der Waals surface area contributed by atoms with Crippen molar-refractivity contribution >= 4 is 32.0 Å². The van der Waals surface area contributed by atoms with Gasteiger partial charge in [0.2, 0.25) is 0 Å². The molecule has 2 heterocycles. The van der Waals surface area contributed by atoms with E-state index in [4.69, 9.17) is 0 Å². The minimum absolute atomic E-state index is 0.0312. The number of benzene rings is 2. The highest BCUT2D eigenvalue weighted by molar-refractivity contribution is 7.91. The number of aryl methyl sites for hydroxylation is 1.